The number of aromatic nitrogens is 1. The van der Waals surface area contributed by atoms with Crippen LogP contribution in [0.2, 0.25) is 0 Å². The van der Waals surface area contributed by atoms with E-state index in [0.29, 0.717) is 0 Å². The van der Waals surface area contributed by atoms with Gasteiger partial charge in [-0.2, -0.15) is 0 Å². The molecule has 1 N–H and O–H groups in total. The maximum atomic E-state index is 9.07. The fourth-order valence-corrected chi connectivity index (χ4v) is 3.74. The van der Waals surface area contributed by atoms with Crippen LogP contribution in [0.15, 0.2) is 53.8 Å². The Morgan fingerprint density at radius 1 is 0.963 bits per heavy atom. The third-order valence-corrected chi connectivity index (χ3v) is 5.21. The molecule has 2 aromatic carbocycles. The Bertz CT molecular complexity index is 908. The third kappa shape index (κ3) is 4.79. The molecule has 3 aromatic rings. The lowest BCUT2D eigenvalue weighted by Crippen LogP contribution is -1.96. The van der Waals surface area contributed by atoms with Gasteiger partial charge in [0.15, 0.2) is 0 Å². The van der Waals surface area contributed by atoms with Crippen LogP contribution < -0.4 is 0 Å². The first-order chi connectivity index (χ1) is 13.2. The molecule has 0 saturated carbocycles. The molecular weight excluding hydrogens is 332 g/mol. The van der Waals surface area contributed by atoms with Crippen LogP contribution in [0.5, 0.6) is 0 Å². The van der Waals surface area contributed by atoms with Crippen LogP contribution in [-0.2, 0) is 6.54 Å². The molecule has 27 heavy (non-hydrogen) atoms. The first-order valence-corrected chi connectivity index (χ1v) is 10.1. The average Bonchev–Trinajstić information content (AvgIpc) is 3.02. The van der Waals surface area contributed by atoms with Crippen LogP contribution >= 0.6 is 0 Å². The molecule has 0 amide bonds. The van der Waals surface area contributed by atoms with Gasteiger partial charge in [-0.25, -0.2) is 0 Å². The summed E-state index contributed by atoms with van der Waals surface area (Å²) < 4.78 is 2.30. The number of fused-ring (bicyclic) bond motifs is 1. The maximum Gasteiger partial charge on any atom is 0.0755 e. The van der Waals surface area contributed by atoms with E-state index in [-0.39, 0.29) is 0 Å². The summed E-state index contributed by atoms with van der Waals surface area (Å²) in [5, 5.41) is 13.5. The predicted octanol–water partition coefficient (Wildman–Crippen LogP) is 6.79. The van der Waals surface area contributed by atoms with Crippen LogP contribution in [0.25, 0.3) is 22.0 Å². The van der Waals surface area contributed by atoms with Gasteiger partial charge in [0.25, 0.3) is 0 Å². The van der Waals surface area contributed by atoms with Gasteiger partial charge in [0, 0.05) is 29.2 Å². The summed E-state index contributed by atoms with van der Waals surface area (Å²) in [6, 6.07) is 15.1. The molecule has 0 atom stereocenters. The molecule has 0 unspecified atom stereocenters. The van der Waals surface area contributed by atoms with E-state index in [0.717, 1.165) is 17.5 Å². The van der Waals surface area contributed by atoms with Crippen LogP contribution in [0, 0.1) is 6.92 Å². The Labute approximate surface area is 162 Å². The topological polar surface area (TPSA) is 37.5 Å². The molecule has 0 fully saturated rings. The second kappa shape index (κ2) is 9.40. The van der Waals surface area contributed by atoms with Gasteiger partial charge in [-0.05, 0) is 36.6 Å². The van der Waals surface area contributed by atoms with Gasteiger partial charge >= 0.3 is 0 Å². The van der Waals surface area contributed by atoms with Crippen molar-refractivity contribution < 1.29 is 5.21 Å². The van der Waals surface area contributed by atoms with Gasteiger partial charge in [0.2, 0.25) is 0 Å². The Morgan fingerprint density at radius 3 is 2.52 bits per heavy atom. The fraction of sp³-hybridized carbons (Fsp3) is 0.375. The summed E-state index contributed by atoms with van der Waals surface area (Å²) in [6.45, 7) is 5.37. The Hall–Kier alpha value is -2.55. The molecule has 3 heteroatoms. The van der Waals surface area contributed by atoms with Crippen molar-refractivity contribution in [3.63, 3.8) is 0 Å². The van der Waals surface area contributed by atoms with E-state index in [1.165, 1.54) is 60.7 Å². The average molecular weight is 363 g/mol. The summed E-state index contributed by atoms with van der Waals surface area (Å²) in [5.41, 5.74) is 5.83. The molecule has 0 aliphatic heterocycles. The minimum Gasteiger partial charge on any atom is -0.411 e. The van der Waals surface area contributed by atoms with E-state index in [1.807, 2.05) is 0 Å². The smallest absolute Gasteiger partial charge is 0.0755 e. The highest BCUT2D eigenvalue weighted by Gasteiger charge is 2.09. The zero-order chi connectivity index (χ0) is 19.1. The molecule has 142 valence electrons. The Balaban J connectivity index is 1.84. The SMILES string of the molecule is CCCCCCCCn1cc(C=NO)c2cc(-c3cccc(C)c3)ccc21. The summed E-state index contributed by atoms with van der Waals surface area (Å²) in [7, 11) is 0. The zero-order valence-electron chi connectivity index (χ0n) is 16.5. The highest BCUT2D eigenvalue weighted by atomic mass is 16.4. The largest absolute Gasteiger partial charge is 0.411 e. The minimum atomic E-state index is 0.966. The normalized spacial score (nSPS) is 11.6. The maximum absolute atomic E-state index is 9.07. The Morgan fingerprint density at radius 2 is 1.74 bits per heavy atom. The molecule has 0 spiro atoms. The van der Waals surface area contributed by atoms with Crippen LogP contribution in [-0.4, -0.2) is 16.0 Å². The minimum absolute atomic E-state index is 0.966. The molecule has 0 aliphatic carbocycles. The second-order valence-corrected chi connectivity index (χ2v) is 7.39. The van der Waals surface area contributed by atoms with E-state index in [2.05, 4.69) is 72.2 Å². The van der Waals surface area contributed by atoms with Gasteiger partial charge in [-0.3, -0.25) is 0 Å². The monoisotopic (exact) mass is 362 g/mol. The first-order valence-electron chi connectivity index (χ1n) is 10.1. The van der Waals surface area contributed by atoms with E-state index >= 15 is 0 Å². The Kier molecular flexibility index (Phi) is 6.69. The fourth-order valence-electron chi connectivity index (χ4n) is 3.74. The molecule has 3 nitrogen and oxygen atoms in total. The standard InChI is InChI=1S/C24H30N2O/c1-3-4-5-6-7-8-14-26-18-22(17-25-27)23-16-21(12-13-24(23)26)20-11-9-10-19(2)15-20/h9-13,15-18,27H,3-8,14H2,1-2H3. The van der Waals surface area contributed by atoms with Crippen LogP contribution in [0.1, 0.15) is 56.6 Å². The number of benzene rings is 2. The summed E-state index contributed by atoms with van der Waals surface area (Å²) in [4.78, 5) is 0. The van der Waals surface area contributed by atoms with Gasteiger partial charge in [-0.15, -0.1) is 0 Å². The van der Waals surface area contributed by atoms with Gasteiger partial charge < -0.3 is 9.77 Å². The molecule has 0 radical (unpaired) electrons. The van der Waals surface area contributed by atoms with E-state index in [1.54, 1.807) is 6.21 Å². The van der Waals surface area contributed by atoms with Crippen molar-refractivity contribution in [1.82, 2.24) is 4.57 Å². The van der Waals surface area contributed by atoms with Gasteiger partial charge in [0.05, 0.1) is 6.21 Å². The number of rotatable bonds is 9. The van der Waals surface area contributed by atoms with Crippen LogP contribution in [0.3, 0.4) is 0 Å². The lowest BCUT2D eigenvalue weighted by atomic mass is 10.0. The molecule has 1 aromatic heterocycles. The lowest BCUT2D eigenvalue weighted by Gasteiger charge is -2.07. The van der Waals surface area contributed by atoms with E-state index < -0.39 is 0 Å². The number of aryl methyl sites for hydroxylation is 2. The molecular formula is C24H30N2O. The predicted molar refractivity (Wildman–Crippen MR) is 115 cm³/mol. The highest BCUT2D eigenvalue weighted by Crippen LogP contribution is 2.28. The summed E-state index contributed by atoms with van der Waals surface area (Å²) >= 11 is 0. The number of hydrogen-bond acceptors (Lipinski definition) is 2. The van der Waals surface area contributed by atoms with Crippen molar-refractivity contribution in [2.24, 2.45) is 5.16 Å². The summed E-state index contributed by atoms with van der Waals surface area (Å²) in [6.07, 6.45) is 11.4. The number of nitrogens with zero attached hydrogens (tertiary/aromatic N) is 2. The van der Waals surface area contributed by atoms with Crippen molar-refractivity contribution >= 4 is 17.1 Å². The molecule has 1 heterocycles. The lowest BCUT2D eigenvalue weighted by molar-refractivity contribution is 0.322. The van der Waals surface area contributed by atoms with E-state index in [4.69, 9.17) is 5.21 Å². The van der Waals surface area contributed by atoms with Crippen molar-refractivity contribution in [2.45, 2.75) is 58.9 Å². The molecule has 3 rings (SSSR count). The first kappa shape index (κ1) is 19.2. The quantitative estimate of drug-likeness (QED) is 0.194. The van der Waals surface area contributed by atoms with Gasteiger partial charge in [-0.1, -0.05) is 80.1 Å². The van der Waals surface area contributed by atoms with E-state index in [9.17, 15) is 0 Å². The summed E-state index contributed by atoms with van der Waals surface area (Å²) in [5.74, 6) is 0. The third-order valence-electron chi connectivity index (χ3n) is 5.21. The van der Waals surface area contributed by atoms with Crippen molar-refractivity contribution in [3.05, 3.63) is 59.8 Å². The highest BCUT2D eigenvalue weighted by molar-refractivity contribution is 6.01. The zero-order valence-corrected chi connectivity index (χ0v) is 16.5. The number of unbranched alkanes of at least 4 members (excludes halogenated alkanes) is 5. The molecule has 0 aliphatic rings. The van der Waals surface area contributed by atoms with Crippen molar-refractivity contribution in [1.29, 1.82) is 0 Å². The number of oxime groups is 1. The van der Waals surface area contributed by atoms with Crippen LogP contribution in [0.4, 0.5) is 0 Å². The van der Waals surface area contributed by atoms with Gasteiger partial charge in [0.1, 0.15) is 0 Å². The van der Waals surface area contributed by atoms with Crippen molar-refractivity contribution in [3.8, 4) is 11.1 Å². The second-order valence-electron chi connectivity index (χ2n) is 7.39. The molecule has 0 saturated heterocycles. The number of hydrogen-bond donors (Lipinski definition) is 1. The molecule has 0 bridgehead atoms. The van der Waals surface area contributed by atoms with Crippen molar-refractivity contribution in [2.75, 3.05) is 0 Å².